The number of benzene rings is 3. The molecule has 0 spiro atoms. The van der Waals surface area contributed by atoms with Crippen molar-refractivity contribution in [2.45, 2.75) is 6.61 Å². The van der Waals surface area contributed by atoms with Gasteiger partial charge >= 0.3 is 11.6 Å². The molecule has 0 radical (unpaired) electrons. The average molecular weight is 484 g/mol. The van der Waals surface area contributed by atoms with Crippen LogP contribution in [-0.2, 0) is 6.61 Å². The van der Waals surface area contributed by atoms with Gasteiger partial charge in [-0.05, 0) is 41.5 Å². The number of pyridine rings is 1. The number of carbonyl (C=O) groups is 1. The number of fused-ring (bicyclic) bond motifs is 2. The molecule has 0 unspecified atom stereocenters. The molecule has 7 heteroatoms. The number of ether oxygens (including phenoxy) is 1. The third-order valence-corrected chi connectivity index (χ3v) is 5.85. The summed E-state index contributed by atoms with van der Waals surface area (Å²) < 4.78 is 11.1. The molecule has 0 saturated heterocycles. The summed E-state index contributed by atoms with van der Waals surface area (Å²) >= 11 is 6.10. The van der Waals surface area contributed by atoms with Crippen LogP contribution in [0.3, 0.4) is 0 Å². The van der Waals surface area contributed by atoms with Gasteiger partial charge in [-0.15, -0.1) is 0 Å². The van der Waals surface area contributed by atoms with E-state index in [-0.39, 0.29) is 12.2 Å². The summed E-state index contributed by atoms with van der Waals surface area (Å²) in [6, 6.07) is 23.5. The zero-order valence-corrected chi connectivity index (χ0v) is 19.1. The summed E-state index contributed by atoms with van der Waals surface area (Å²) in [5, 5.41) is 11.2. The predicted molar refractivity (Wildman–Crippen MR) is 135 cm³/mol. The van der Waals surface area contributed by atoms with Crippen LogP contribution in [-0.4, -0.2) is 16.1 Å². The molecule has 35 heavy (non-hydrogen) atoms. The highest BCUT2D eigenvalue weighted by Gasteiger charge is 2.14. The fourth-order valence-electron chi connectivity index (χ4n) is 3.75. The number of aromatic carboxylic acids is 1. The number of carboxylic acid groups (broad SMARTS) is 1. The van der Waals surface area contributed by atoms with E-state index in [0.29, 0.717) is 16.2 Å². The van der Waals surface area contributed by atoms with Gasteiger partial charge in [0.1, 0.15) is 12.2 Å². The van der Waals surface area contributed by atoms with Gasteiger partial charge in [0.05, 0.1) is 11.2 Å². The van der Waals surface area contributed by atoms with Gasteiger partial charge in [-0.25, -0.2) is 14.6 Å². The molecule has 5 aromatic rings. The van der Waals surface area contributed by atoms with Crippen molar-refractivity contribution in [1.29, 1.82) is 0 Å². The van der Waals surface area contributed by atoms with Gasteiger partial charge in [-0.2, -0.15) is 0 Å². The summed E-state index contributed by atoms with van der Waals surface area (Å²) in [5.74, 6) is -0.986. The highest BCUT2D eigenvalue weighted by molar-refractivity contribution is 6.31. The van der Waals surface area contributed by atoms with Crippen molar-refractivity contribution in [3.8, 4) is 5.75 Å². The van der Waals surface area contributed by atoms with Gasteiger partial charge < -0.3 is 14.3 Å². The second-order valence-electron chi connectivity index (χ2n) is 7.92. The van der Waals surface area contributed by atoms with Crippen LogP contribution >= 0.6 is 11.6 Å². The van der Waals surface area contributed by atoms with Gasteiger partial charge in [0, 0.05) is 21.4 Å². The summed E-state index contributed by atoms with van der Waals surface area (Å²) in [6.07, 6.45) is 0. The molecular formula is C28H18ClNO5. The molecule has 3 aromatic carbocycles. The van der Waals surface area contributed by atoms with E-state index in [1.54, 1.807) is 18.2 Å². The Labute approximate surface area is 204 Å². The zero-order chi connectivity index (χ0) is 24.5. The SMILES string of the molecule is C=C(c1ccc(COc2cccc3cc(C(=O)O)c(=O)oc23)cc1)c1ccc2ccc(Cl)cc2n1. The molecule has 2 heterocycles. The van der Waals surface area contributed by atoms with E-state index in [2.05, 4.69) is 11.6 Å². The number of nitrogens with zero attached hydrogens (tertiary/aromatic N) is 1. The van der Waals surface area contributed by atoms with Crippen molar-refractivity contribution >= 4 is 45.0 Å². The Balaban J connectivity index is 1.34. The molecule has 0 saturated carbocycles. The van der Waals surface area contributed by atoms with Gasteiger partial charge in [0.25, 0.3) is 0 Å². The molecule has 1 N–H and O–H groups in total. The zero-order valence-electron chi connectivity index (χ0n) is 18.3. The summed E-state index contributed by atoms with van der Waals surface area (Å²) in [5.41, 5.74) is 3.01. The Morgan fingerprint density at radius 3 is 2.54 bits per heavy atom. The first-order chi connectivity index (χ1) is 16.9. The minimum atomic E-state index is -1.34. The van der Waals surface area contributed by atoms with E-state index < -0.39 is 17.2 Å². The largest absolute Gasteiger partial charge is 0.485 e. The van der Waals surface area contributed by atoms with Gasteiger partial charge in [-0.3, -0.25) is 0 Å². The fourth-order valence-corrected chi connectivity index (χ4v) is 3.92. The molecule has 6 nitrogen and oxygen atoms in total. The Hall–Kier alpha value is -4.42. The van der Waals surface area contributed by atoms with E-state index in [1.807, 2.05) is 54.6 Å². The molecule has 0 atom stereocenters. The topological polar surface area (TPSA) is 89.6 Å². The number of hydrogen-bond acceptors (Lipinski definition) is 5. The first kappa shape index (κ1) is 22.4. The lowest BCUT2D eigenvalue weighted by atomic mass is 10.0. The van der Waals surface area contributed by atoms with Gasteiger partial charge in [-0.1, -0.05) is 66.7 Å². The van der Waals surface area contributed by atoms with E-state index >= 15 is 0 Å². The monoisotopic (exact) mass is 483 g/mol. The highest BCUT2D eigenvalue weighted by atomic mass is 35.5. The maximum Gasteiger partial charge on any atom is 0.351 e. The molecule has 2 aromatic heterocycles. The number of para-hydroxylation sites is 1. The lowest BCUT2D eigenvalue weighted by molar-refractivity contribution is 0.0692. The van der Waals surface area contributed by atoms with Crippen molar-refractivity contribution in [3.63, 3.8) is 0 Å². The first-order valence-electron chi connectivity index (χ1n) is 10.7. The van der Waals surface area contributed by atoms with Crippen LogP contribution in [0.25, 0.3) is 27.4 Å². The van der Waals surface area contributed by atoms with Crippen molar-refractivity contribution < 1.29 is 19.1 Å². The smallest absolute Gasteiger partial charge is 0.351 e. The lowest BCUT2D eigenvalue weighted by Gasteiger charge is -2.10. The molecule has 0 amide bonds. The van der Waals surface area contributed by atoms with Crippen LogP contribution in [0.4, 0.5) is 0 Å². The van der Waals surface area contributed by atoms with E-state index in [0.717, 1.165) is 33.3 Å². The van der Waals surface area contributed by atoms with Crippen LogP contribution in [0.5, 0.6) is 5.75 Å². The van der Waals surface area contributed by atoms with Crippen molar-refractivity contribution in [1.82, 2.24) is 4.98 Å². The van der Waals surface area contributed by atoms with E-state index in [9.17, 15) is 9.59 Å². The molecule has 172 valence electrons. The van der Waals surface area contributed by atoms with Gasteiger partial charge in [0.15, 0.2) is 11.3 Å². The molecule has 5 rings (SSSR count). The molecule has 0 bridgehead atoms. The van der Waals surface area contributed by atoms with E-state index in [4.69, 9.17) is 25.9 Å². The molecule has 0 aliphatic rings. The van der Waals surface area contributed by atoms with Crippen LogP contribution in [0.1, 0.15) is 27.2 Å². The Bertz CT molecular complexity index is 1670. The van der Waals surface area contributed by atoms with Crippen LogP contribution in [0.2, 0.25) is 5.02 Å². The normalized spacial score (nSPS) is 11.0. The van der Waals surface area contributed by atoms with E-state index in [1.165, 1.54) is 6.07 Å². The second kappa shape index (κ2) is 9.08. The Kier molecular flexibility index (Phi) is 5.81. The average Bonchev–Trinajstić information content (AvgIpc) is 2.86. The number of halogens is 1. The van der Waals surface area contributed by atoms with Crippen molar-refractivity contribution in [3.05, 3.63) is 123 Å². The standard InChI is InChI=1S/C28H18ClNO5/c1-16(23-12-10-19-9-11-21(29)14-24(19)30-23)18-7-5-17(6-8-18)15-34-25-4-2-3-20-13-22(27(31)32)28(33)35-26(20)25/h2-14H,1,15H2,(H,31,32). The predicted octanol–water partition coefficient (Wildman–Crippen LogP) is 6.33. The quantitative estimate of drug-likeness (QED) is 0.284. The van der Waals surface area contributed by atoms with Crippen molar-refractivity contribution in [2.24, 2.45) is 0 Å². The van der Waals surface area contributed by atoms with Crippen molar-refractivity contribution in [2.75, 3.05) is 0 Å². The highest BCUT2D eigenvalue weighted by Crippen LogP contribution is 2.27. The first-order valence-corrected chi connectivity index (χ1v) is 11.0. The van der Waals surface area contributed by atoms with Crippen LogP contribution in [0, 0.1) is 0 Å². The maximum absolute atomic E-state index is 12.0. The summed E-state index contributed by atoms with van der Waals surface area (Å²) in [6.45, 7) is 4.42. The van der Waals surface area contributed by atoms with Gasteiger partial charge in [0.2, 0.25) is 0 Å². The molecular weight excluding hydrogens is 466 g/mol. The van der Waals surface area contributed by atoms with Crippen LogP contribution in [0.15, 0.2) is 94.7 Å². The number of hydrogen-bond donors (Lipinski definition) is 1. The third-order valence-electron chi connectivity index (χ3n) is 5.61. The maximum atomic E-state index is 12.0. The van der Waals surface area contributed by atoms with Crippen LogP contribution < -0.4 is 10.4 Å². The minimum Gasteiger partial charge on any atom is -0.485 e. The molecule has 0 fully saturated rings. The number of carboxylic acids is 1. The molecule has 0 aliphatic heterocycles. The Morgan fingerprint density at radius 2 is 1.77 bits per heavy atom. The number of rotatable bonds is 6. The second-order valence-corrected chi connectivity index (χ2v) is 8.36. The number of aromatic nitrogens is 1. The molecule has 0 aliphatic carbocycles. The summed E-state index contributed by atoms with van der Waals surface area (Å²) in [4.78, 5) is 27.9. The summed E-state index contributed by atoms with van der Waals surface area (Å²) in [7, 11) is 0. The fraction of sp³-hybridized carbons (Fsp3) is 0.0357. The third kappa shape index (κ3) is 4.52. The minimum absolute atomic E-state index is 0.204. The lowest BCUT2D eigenvalue weighted by Crippen LogP contribution is -2.13. The Morgan fingerprint density at radius 1 is 1.00 bits per heavy atom.